The highest BCUT2D eigenvalue weighted by Gasteiger charge is 2.10. The summed E-state index contributed by atoms with van der Waals surface area (Å²) in [6.45, 7) is 3.83. The van der Waals surface area contributed by atoms with Crippen molar-refractivity contribution < 1.29 is 14.5 Å². The second-order valence-electron chi connectivity index (χ2n) is 5.13. The number of hydrogen-bond acceptors (Lipinski definition) is 5. The molecule has 0 aliphatic heterocycles. The molecule has 0 amide bonds. The predicted octanol–water partition coefficient (Wildman–Crippen LogP) is 3.89. The quantitative estimate of drug-likeness (QED) is 0.362. The number of carbonyl (C=O) groups is 1. The Morgan fingerprint density at radius 1 is 1.20 bits per heavy atom. The first-order valence-corrected chi connectivity index (χ1v) is 7.91. The molecule has 0 aliphatic carbocycles. The highest BCUT2D eigenvalue weighted by Crippen LogP contribution is 2.21. The molecule has 0 bridgehead atoms. The van der Waals surface area contributed by atoms with Crippen LogP contribution in [0.1, 0.15) is 22.8 Å². The molecule has 0 atom stereocenters. The number of aryl methyl sites for hydroxylation is 1. The van der Waals surface area contributed by atoms with Crippen molar-refractivity contribution in [2.75, 3.05) is 17.2 Å². The van der Waals surface area contributed by atoms with Gasteiger partial charge in [0, 0.05) is 23.5 Å². The fraction of sp³-hybridized carbons (Fsp3) is 0.176. The molecule has 0 saturated heterocycles. The lowest BCUT2D eigenvalue weighted by atomic mass is 10.2. The van der Waals surface area contributed by atoms with Gasteiger partial charge in [-0.3, -0.25) is 10.1 Å². The van der Waals surface area contributed by atoms with Crippen LogP contribution in [0.3, 0.4) is 0 Å². The molecule has 2 aromatic rings. The van der Waals surface area contributed by atoms with Crippen LogP contribution in [-0.2, 0) is 4.74 Å². The van der Waals surface area contributed by atoms with E-state index in [9.17, 15) is 14.9 Å². The van der Waals surface area contributed by atoms with Crippen molar-refractivity contribution in [1.29, 1.82) is 0 Å². The molecule has 25 heavy (non-hydrogen) atoms. The lowest BCUT2D eigenvalue weighted by molar-refractivity contribution is -0.384. The van der Waals surface area contributed by atoms with Crippen molar-refractivity contribution in [2.24, 2.45) is 0 Å². The molecule has 0 radical (unpaired) electrons. The fourth-order valence-corrected chi connectivity index (χ4v) is 2.32. The minimum atomic E-state index is -0.446. The predicted molar refractivity (Wildman–Crippen MR) is 100 cm³/mol. The maximum absolute atomic E-state index is 11.6. The molecule has 2 aromatic carbocycles. The standard InChI is InChI=1S/C17H17N3O4S/c1-3-24-16(21)12-4-6-13(7-5-12)18-17(25)19-15-9-8-14(20(22)23)10-11(15)2/h4-10H,3H2,1-2H3,(H2,18,19,25). The van der Waals surface area contributed by atoms with Gasteiger partial charge in [-0.05, 0) is 62.0 Å². The molecule has 0 fully saturated rings. The number of hydrogen-bond donors (Lipinski definition) is 2. The van der Waals surface area contributed by atoms with Gasteiger partial charge in [0.1, 0.15) is 0 Å². The van der Waals surface area contributed by atoms with Crippen molar-refractivity contribution in [3.8, 4) is 0 Å². The highest BCUT2D eigenvalue weighted by molar-refractivity contribution is 7.80. The van der Waals surface area contributed by atoms with Gasteiger partial charge >= 0.3 is 5.97 Å². The normalized spacial score (nSPS) is 10.0. The Labute approximate surface area is 150 Å². The zero-order valence-electron chi connectivity index (χ0n) is 13.7. The summed E-state index contributed by atoms with van der Waals surface area (Å²) >= 11 is 5.24. The van der Waals surface area contributed by atoms with E-state index in [0.29, 0.717) is 34.2 Å². The number of ether oxygens (including phenoxy) is 1. The summed E-state index contributed by atoms with van der Waals surface area (Å²) in [5.74, 6) is -0.378. The van der Waals surface area contributed by atoms with Crippen LogP contribution >= 0.6 is 12.2 Å². The van der Waals surface area contributed by atoms with Crippen molar-refractivity contribution in [3.05, 3.63) is 63.7 Å². The van der Waals surface area contributed by atoms with Gasteiger partial charge in [0.15, 0.2) is 5.11 Å². The summed E-state index contributed by atoms with van der Waals surface area (Å²) in [5, 5.41) is 17.1. The zero-order chi connectivity index (χ0) is 18.4. The van der Waals surface area contributed by atoms with E-state index in [2.05, 4.69) is 10.6 Å². The number of anilines is 2. The first kappa shape index (κ1) is 18.3. The largest absolute Gasteiger partial charge is 0.462 e. The average molecular weight is 359 g/mol. The second-order valence-corrected chi connectivity index (χ2v) is 5.54. The number of non-ortho nitro benzene ring substituents is 1. The van der Waals surface area contributed by atoms with Gasteiger partial charge in [-0.1, -0.05) is 0 Å². The summed E-state index contributed by atoms with van der Waals surface area (Å²) in [4.78, 5) is 21.9. The van der Waals surface area contributed by atoms with Gasteiger partial charge in [0.2, 0.25) is 0 Å². The number of thiocarbonyl (C=S) groups is 1. The van der Waals surface area contributed by atoms with Gasteiger partial charge in [-0.2, -0.15) is 0 Å². The molecule has 0 saturated carbocycles. The number of carbonyl (C=O) groups excluding carboxylic acids is 1. The van der Waals surface area contributed by atoms with E-state index in [0.717, 1.165) is 0 Å². The lowest BCUT2D eigenvalue weighted by Gasteiger charge is -2.12. The first-order valence-electron chi connectivity index (χ1n) is 7.51. The summed E-state index contributed by atoms with van der Waals surface area (Å²) in [7, 11) is 0. The topological polar surface area (TPSA) is 93.5 Å². The van der Waals surface area contributed by atoms with Gasteiger partial charge in [-0.25, -0.2) is 4.79 Å². The van der Waals surface area contributed by atoms with E-state index < -0.39 is 4.92 Å². The van der Waals surface area contributed by atoms with Gasteiger partial charge in [0.25, 0.3) is 5.69 Å². The van der Waals surface area contributed by atoms with E-state index in [-0.39, 0.29) is 11.7 Å². The van der Waals surface area contributed by atoms with E-state index >= 15 is 0 Å². The Bertz CT molecular complexity index is 806. The number of nitro groups is 1. The van der Waals surface area contributed by atoms with Crippen molar-refractivity contribution >= 4 is 40.4 Å². The summed E-state index contributed by atoms with van der Waals surface area (Å²) in [6, 6.07) is 11.2. The minimum absolute atomic E-state index is 0.0245. The Kier molecular flexibility index (Phi) is 6.02. The van der Waals surface area contributed by atoms with Crippen LogP contribution in [0.5, 0.6) is 0 Å². The van der Waals surface area contributed by atoms with Crippen LogP contribution in [-0.4, -0.2) is 22.6 Å². The SMILES string of the molecule is CCOC(=O)c1ccc(NC(=S)Nc2ccc([N+](=O)[O-])cc2C)cc1. The van der Waals surface area contributed by atoms with Crippen LogP contribution in [0.2, 0.25) is 0 Å². The maximum Gasteiger partial charge on any atom is 0.338 e. The maximum atomic E-state index is 11.6. The van der Waals surface area contributed by atoms with Gasteiger partial charge < -0.3 is 15.4 Å². The monoisotopic (exact) mass is 359 g/mol. The number of nitro benzene ring substituents is 1. The van der Waals surface area contributed by atoms with E-state index in [1.165, 1.54) is 12.1 Å². The molecule has 0 unspecified atom stereocenters. The molecule has 2 N–H and O–H groups in total. The molecular weight excluding hydrogens is 342 g/mol. The third kappa shape index (κ3) is 4.98. The van der Waals surface area contributed by atoms with Crippen LogP contribution in [0.25, 0.3) is 0 Å². The lowest BCUT2D eigenvalue weighted by Crippen LogP contribution is -2.19. The molecule has 0 spiro atoms. The summed E-state index contributed by atoms with van der Waals surface area (Å²) in [5.41, 5.74) is 2.56. The summed E-state index contributed by atoms with van der Waals surface area (Å²) < 4.78 is 4.92. The zero-order valence-corrected chi connectivity index (χ0v) is 14.6. The third-order valence-electron chi connectivity index (χ3n) is 3.32. The Hall–Kier alpha value is -3.00. The first-order chi connectivity index (χ1) is 11.9. The molecule has 0 aromatic heterocycles. The van der Waals surface area contributed by atoms with Crippen molar-refractivity contribution in [2.45, 2.75) is 13.8 Å². The molecule has 8 heteroatoms. The van der Waals surface area contributed by atoms with Gasteiger partial charge in [-0.15, -0.1) is 0 Å². The Morgan fingerprint density at radius 2 is 1.88 bits per heavy atom. The van der Waals surface area contributed by atoms with Crippen molar-refractivity contribution in [1.82, 2.24) is 0 Å². The molecule has 7 nitrogen and oxygen atoms in total. The Morgan fingerprint density at radius 3 is 2.44 bits per heavy atom. The van der Waals surface area contributed by atoms with Crippen LogP contribution in [0.15, 0.2) is 42.5 Å². The summed E-state index contributed by atoms with van der Waals surface area (Å²) in [6.07, 6.45) is 0. The molecule has 130 valence electrons. The van der Waals surface area contributed by atoms with E-state index in [4.69, 9.17) is 17.0 Å². The molecule has 0 heterocycles. The number of rotatable bonds is 5. The third-order valence-corrected chi connectivity index (χ3v) is 3.53. The smallest absolute Gasteiger partial charge is 0.338 e. The fourth-order valence-electron chi connectivity index (χ4n) is 2.09. The van der Waals surface area contributed by atoms with Gasteiger partial charge in [0.05, 0.1) is 17.1 Å². The van der Waals surface area contributed by atoms with Crippen molar-refractivity contribution in [3.63, 3.8) is 0 Å². The van der Waals surface area contributed by atoms with Crippen LogP contribution < -0.4 is 10.6 Å². The highest BCUT2D eigenvalue weighted by atomic mass is 32.1. The average Bonchev–Trinajstić information content (AvgIpc) is 2.57. The number of nitrogens with zero attached hydrogens (tertiary/aromatic N) is 1. The number of benzene rings is 2. The molecular formula is C17H17N3O4S. The number of nitrogens with one attached hydrogen (secondary N) is 2. The van der Waals surface area contributed by atoms with E-state index in [1.807, 2.05) is 0 Å². The molecule has 0 aliphatic rings. The Balaban J connectivity index is 2.00. The van der Waals surface area contributed by atoms with E-state index in [1.54, 1.807) is 44.2 Å². The minimum Gasteiger partial charge on any atom is -0.462 e. The number of esters is 1. The second kappa shape index (κ2) is 8.20. The van der Waals surface area contributed by atoms with Crippen LogP contribution in [0, 0.1) is 17.0 Å². The molecule has 2 rings (SSSR count). The van der Waals surface area contributed by atoms with Crippen LogP contribution in [0.4, 0.5) is 17.1 Å².